The van der Waals surface area contributed by atoms with Crippen molar-refractivity contribution in [1.82, 2.24) is 0 Å². The van der Waals surface area contributed by atoms with Gasteiger partial charge in [-0.3, -0.25) is 0 Å². The Morgan fingerprint density at radius 2 is 1.86 bits per heavy atom. The van der Waals surface area contributed by atoms with E-state index in [-0.39, 0.29) is 20.8 Å². The van der Waals surface area contributed by atoms with Crippen LogP contribution in [0.15, 0.2) is 0 Å². The zero-order valence-electron chi connectivity index (χ0n) is 8.23. The number of halogens is 1. The summed E-state index contributed by atoms with van der Waals surface area (Å²) >= 11 is 0. The molecule has 0 amide bonds. The molecule has 1 fully saturated rings. The molecule has 2 heteroatoms. The van der Waals surface area contributed by atoms with Gasteiger partial charge in [0.2, 0.25) is 0 Å². The average molecular weight is 206 g/mol. The molecule has 0 radical (unpaired) electrons. The van der Waals surface area contributed by atoms with E-state index in [0.29, 0.717) is 19.3 Å². The normalized spacial score (nSPS) is 41.4. The van der Waals surface area contributed by atoms with E-state index in [4.69, 9.17) is 0 Å². The molecule has 88 valence electrons. The minimum absolute atomic E-state index is 0. The summed E-state index contributed by atoms with van der Waals surface area (Å²) in [5.41, 5.74) is -1.89. The Balaban J connectivity index is 0. The minimum Gasteiger partial charge on any atom is -0.390 e. The first-order valence-electron chi connectivity index (χ1n) is 4.85. The summed E-state index contributed by atoms with van der Waals surface area (Å²) in [6.45, 7) is 5.60. The lowest BCUT2D eigenvalue weighted by Gasteiger charge is -2.24. The van der Waals surface area contributed by atoms with Crippen molar-refractivity contribution in [3.05, 3.63) is 0 Å². The number of aliphatic hydroxyl groups is 1. The third-order valence-corrected chi connectivity index (χ3v) is 3.17. The van der Waals surface area contributed by atoms with Crippen LogP contribution in [0.3, 0.4) is 0 Å². The average Bonchev–Trinajstić information content (AvgIpc) is 2.22. The lowest BCUT2D eigenvalue weighted by Crippen LogP contribution is -2.28. The zero-order chi connectivity index (χ0) is 9.41. The molecule has 0 bridgehead atoms. The highest BCUT2D eigenvalue weighted by Crippen LogP contribution is 2.48. The van der Waals surface area contributed by atoms with Crippen molar-refractivity contribution in [3.8, 4) is 0 Å². The SMILES string of the molecule is C.C.CCC1CC(C)(O)CC1(F)CC. The summed E-state index contributed by atoms with van der Waals surface area (Å²) in [5.74, 6) is 0.0532. The van der Waals surface area contributed by atoms with E-state index < -0.39 is 11.3 Å². The van der Waals surface area contributed by atoms with Crippen LogP contribution in [0.5, 0.6) is 0 Å². The molecule has 1 aliphatic rings. The van der Waals surface area contributed by atoms with Crippen LogP contribution >= 0.6 is 0 Å². The summed E-state index contributed by atoms with van der Waals surface area (Å²) in [6.07, 6.45) is 2.30. The molecule has 0 aromatic rings. The third kappa shape index (κ3) is 2.94. The Kier molecular flexibility index (Phi) is 5.95. The van der Waals surface area contributed by atoms with Crippen molar-refractivity contribution < 1.29 is 9.50 Å². The van der Waals surface area contributed by atoms with E-state index in [0.717, 1.165) is 6.42 Å². The maximum absolute atomic E-state index is 14.0. The van der Waals surface area contributed by atoms with Gasteiger partial charge in [0.25, 0.3) is 0 Å². The van der Waals surface area contributed by atoms with E-state index >= 15 is 0 Å². The Hall–Kier alpha value is -0.110. The van der Waals surface area contributed by atoms with Crippen LogP contribution in [-0.2, 0) is 0 Å². The van der Waals surface area contributed by atoms with Crippen LogP contribution in [-0.4, -0.2) is 16.4 Å². The Morgan fingerprint density at radius 3 is 2.14 bits per heavy atom. The largest absolute Gasteiger partial charge is 0.390 e. The Bertz CT molecular complexity index is 168. The lowest BCUT2D eigenvalue weighted by molar-refractivity contribution is 0.0403. The van der Waals surface area contributed by atoms with Gasteiger partial charge in [0.1, 0.15) is 5.67 Å². The lowest BCUT2D eigenvalue weighted by atomic mass is 9.88. The van der Waals surface area contributed by atoms with Crippen molar-refractivity contribution >= 4 is 0 Å². The smallest absolute Gasteiger partial charge is 0.116 e. The first-order valence-corrected chi connectivity index (χ1v) is 4.85. The standard InChI is InChI=1S/C10H19FO.2CH4/c1-4-8-6-9(3,12)7-10(8,11)5-2;;/h8,12H,4-7H2,1-3H3;2*1H4. The van der Waals surface area contributed by atoms with Gasteiger partial charge in [-0.05, 0) is 25.7 Å². The van der Waals surface area contributed by atoms with Crippen molar-refractivity contribution in [2.24, 2.45) is 5.92 Å². The first kappa shape index (κ1) is 16.3. The van der Waals surface area contributed by atoms with Crippen LogP contribution in [0, 0.1) is 5.92 Å². The fourth-order valence-electron chi connectivity index (χ4n) is 2.49. The molecule has 0 saturated heterocycles. The molecule has 1 rings (SSSR count). The first-order chi connectivity index (χ1) is 5.43. The molecule has 3 unspecified atom stereocenters. The summed E-state index contributed by atoms with van der Waals surface area (Å²) in [7, 11) is 0. The van der Waals surface area contributed by atoms with Crippen molar-refractivity contribution in [2.45, 2.75) is 72.6 Å². The maximum Gasteiger partial charge on any atom is 0.116 e. The van der Waals surface area contributed by atoms with Crippen molar-refractivity contribution in [1.29, 1.82) is 0 Å². The van der Waals surface area contributed by atoms with Crippen molar-refractivity contribution in [3.63, 3.8) is 0 Å². The van der Waals surface area contributed by atoms with E-state index in [9.17, 15) is 9.50 Å². The molecular weight excluding hydrogens is 179 g/mol. The Morgan fingerprint density at radius 1 is 1.36 bits per heavy atom. The molecule has 0 aliphatic heterocycles. The zero-order valence-corrected chi connectivity index (χ0v) is 8.23. The van der Waals surface area contributed by atoms with E-state index in [1.54, 1.807) is 6.92 Å². The van der Waals surface area contributed by atoms with Crippen LogP contribution in [0.4, 0.5) is 4.39 Å². The second kappa shape index (κ2) is 5.11. The van der Waals surface area contributed by atoms with Gasteiger partial charge in [-0.15, -0.1) is 0 Å². The van der Waals surface area contributed by atoms with Gasteiger partial charge in [-0.1, -0.05) is 35.1 Å². The molecule has 1 saturated carbocycles. The summed E-state index contributed by atoms with van der Waals surface area (Å²) in [4.78, 5) is 0. The fourth-order valence-corrected chi connectivity index (χ4v) is 2.49. The van der Waals surface area contributed by atoms with Crippen molar-refractivity contribution in [2.75, 3.05) is 0 Å². The van der Waals surface area contributed by atoms with Gasteiger partial charge in [-0.25, -0.2) is 4.39 Å². The molecule has 0 aromatic carbocycles. The fraction of sp³-hybridized carbons (Fsp3) is 1.00. The van der Waals surface area contributed by atoms with Gasteiger partial charge in [0.05, 0.1) is 5.60 Å². The van der Waals surface area contributed by atoms with Crippen LogP contribution < -0.4 is 0 Å². The molecule has 14 heavy (non-hydrogen) atoms. The number of rotatable bonds is 2. The molecule has 1 nitrogen and oxygen atoms in total. The van der Waals surface area contributed by atoms with Gasteiger partial charge in [0, 0.05) is 6.42 Å². The highest BCUT2D eigenvalue weighted by atomic mass is 19.1. The molecule has 1 aliphatic carbocycles. The molecule has 3 atom stereocenters. The second-order valence-electron chi connectivity index (χ2n) is 4.37. The number of hydrogen-bond donors (Lipinski definition) is 1. The topological polar surface area (TPSA) is 20.2 Å². The quantitative estimate of drug-likeness (QED) is 0.725. The second-order valence-corrected chi connectivity index (χ2v) is 4.37. The summed E-state index contributed by atoms with van der Waals surface area (Å²) in [6, 6.07) is 0. The predicted molar refractivity (Wildman–Crippen MR) is 61.2 cm³/mol. The number of alkyl halides is 1. The summed E-state index contributed by atoms with van der Waals surface area (Å²) in [5, 5.41) is 9.72. The molecular formula is C12H27FO. The van der Waals surface area contributed by atoms with Crippen LogP contribution in [0.2, 0.25) is 0 Å². The minimum atomic E-state index is -1.11. The van der Waals surface area contributed by atoms with E-state index in [2.05, 4.69) is 0 Å². The third-order valence-electron chi connectivity index (χ3n) is 3.17. The van der Waals surface area contributed by atoms with Gasteiger partial charge >= 0.3 is 0 Å². The monoisotopic (exact) mass is 206 g/mol. The summed E-state index contributed by atoms with van der Waals surface area (Å²) < 4.78 is 14.0. The molecule has 0 heterocycles. The molecule has 0 spiro atoms. The maximum atomic E-state index is 14.0. The highest BCUT2D eigenvalue weighted by molar-refractivity contribution is 5.01. The number of hydrogen-bond acceptors (Lipinski definition) is 1. The highest BCUT2D eigenvalue weighted by Gasteiger charge is 2.50. The molecule has 1 N–H and O–H groups in total. The molecule has 0 aromatic heterocycles. The van der Waals surface area contributed by atoms with Crippen LogP contribution in [0.1, 0.15) is 61.3 Å². The van der Waals surface area contributed by atoms with E-state index in [1.165, 1.54) is 0 Å². The van der Waals surface area contributed by atoms with Crippen LogP contribution in [0.25, 0.3) is 0 Å². The van der Waals surface area contributed by atoms with Gasteiger partial charge in [0.15, 0.2) is 0 Å². The predicted octanol–water partition coefficient (Wildman–Crippen LogP) is 3.95. The van der Waals surface area contributed by atoms with Gasteiger partial charge < -0.3 is 5.11 Å². The Labute approximate surface area is 88.7 Å². The van der Waals surface area contributed by atoms with Gasteiger partial charge in [-0.2, -0.15) is 0 Å². The van der Waals surface area contributed by atoms with E-state index in [1.807, 2.05) is 13.8 Å².